The maximum atomic E-state index is 4.70. The highest BCUT2D eigenvalue weighted by atomic mass is 14.9. The van der Waals surface area contributed by atoms with Gasteiger partial charge in [-0.05, 0) is 31.9 Å². The van der Waals surface area contributed by atoms with E-state index in [2.05, 4.69) is 51.1 Å². The fraction of sp³-hybridized carbons (Fsp3) is 0.308. The van der Waals surface area contributed by atoms with E-state index < -0.39 is 0 Å². The first-order chi connectivity index (χ1) is 6.58. The van der Waals surface area contributed by atoms with Crippen molar-refractivity contribution in [3.63, 3.8) is 0 Å². The molecule has 1 heteroatoms. The summed E-state index contributed by atoms with van der Waals surface area (Å²) >= 11 is 0. The van der Waals surface area contributed by atoms with Gasteiger partial charge in [-0.15, -0.1) is 0 Å². The minimum Gasteiger partial charge on any atom is -0.274 e. The fourth-order valence-electron chi connectivity index (χ4n) is 1.90. The molecular formula is C13H15N. The molecule has 0 aromatic heterocycles. The zero-order chi connectivity index (χ0) is 10.2. The minimum absolute atomic E-state index is 0.0325. The minimum atomic E-state index is -0.0325. The number of rotatable bonds is 1. The van der Waals surface area contributed by atoms with Gasteiger partial charge >= 0.3 is 0 Å². The quantitative estimate of drug-likeness (QED) is 0.637. The highest BCUT2D eigenvalue weighted by Gasteiger charge is 2.22. The molecule has 1 heterocycles. The van der Waals surface area contributed by atoms with E-state index in [1.807, 2.05) is 6.07 Å². The Labute approximate surface area is 85.2 Å². The second-order valence-electron chi connectivity index (χ2n) is 4.31. The molecule has 0 saturated carbocycles. The van der Waals surface area contributed by atoms with E-state index in [4.69, 9.17) is 4.99 Å². The molecule has 0 spiro atoms. The molecule has 2 rings (SSSR count). The van der Waals surface area contributed by atoms with Gasteiger partial charge in [-0.1, -0.05) is 36.4 Å². The molecule has 0 bridgehead atoms. The molecule has 1 aromatic rings. The van der Waals surface area contributed by atoms with Crippen molar-refractivity contribution in [2.75, 3.05) is 0 Å². The van der Waals surface area contributed by atoms with Crippen LogP contribution in [0.1, 0.15) is 26.3 Å². The van der Waals surface area contributed by atoms with Gasteiger partial charge in [0, 0.05) is 0 Å². The van der Waals surface area contributed by atoms with E-state index in [0.29, 0.717) is 0 Å². The number of aliphatic imine (C=N–C) groups is 1. The highest BCUT2D eigenvalue weighted by molar-refractivity contribution is 6.14. The van der Waals surface area contributed by atoms with Gasteiger partial charge in [-0.25, -0.2) is 0 Å². The molecule has 0 unspecified atom stereocenters. The first-order valence-corrected chi connectivity index (χ1v) is 4.94. The zero-order valence-corrected chi connectivity index (χ0v) is 8.91. The summed E-state index contributed by atoms with van der Waals surface area (Å²) in [5.74, 6) is 0. The second kappa shape index (κ2) is 3.09. The van der Waals surface area contributed by atoms with Crippen LogP contribution in [0.5, 0.6) is 0 Å². The van der Waals surface area contributed by atoms with Crippen LogP contribution in [0.25, 0.3) is 0 Å². The largest absolute Gasteiger partial charge is 0.274 e. The Morgan fingerprint density at radius 3 is 2.21 bits per heavy atom. The first-order valence-electron chi connectivity index (χ1n) is 4.94. The van der Waals surface area contributed by atoms with Crippen LogP contribution in [0.2, 0.25) is 0 Å². The average molecular weight is 185 g/mol. The van der Waals surface area contributed by atoms with Crippen molar-refractivity contribution < 1.29 is 0 Å². The Morgan fingerprint density at radius 2 is 1.71 bits per heavy atom. The number of hydrogen-bond donors (Lipinski definition) is 0. The molecule has 0 aliphatic carbocycles. The lowest BCUT2D eigenvalue weighted by atomic mass is 10.0. The Hall–Kier alpha value is -1.37. The summed E-state index contributed by atoms with van der Waals surface area (Å²) in [5.41, 5.74) is 3.60. The SMILES string of the molecule is CC1=CC(C)(C)N=C1c1ccccc1. The molecule has 0 saturated heterocycles. The first kappa shape index (κ1) is 9.20. The lowest BCUT2D eigenvalue weighted by molar-refractivity contribution is 0.669. The van der Waals surface area contributed by atoms with E-state index in [1.54, 1.807) is 0 Å². The maximum Gasteiger partial charge on any atom is 0.0745 e. The Kier molecular flexibility index (Phi) is 2.03. The van der Waals surface area contributed by atoms with Gasteiger partial charge in [-0.2, -0.15) is 0 Å². The van der Waals surface area contributed by atoms with Crippen molar-refractivity contribution in [1.29, 1.82) is 0 Å². The Morgan fingerprint density at radius 1 is 1.07 bits per heavy atom. The molecule has 1 aliphatic rings. The third-order valence-electron chi connectivity index (χ3n) is 2.39. The lowest BCUT2D eigenvalue weighted by Crippen LogP contribution is -2.09. The Balaban J connectivity index is 2.44. The normalized spacial score (nSPS) is 19.1. The van der Waals surface area contributed by atoms with Crippen molar-refractivity contribution in [2.24, 2.45) is 4.99 Å². The lowest BCUT2D eigenvalue weighted by Gasteiger charge is -2.09. The third-order valence-corrected chi connectivity index (χ3v) is 2.39. The summed E-state index contributed by atoms with van der Waals surface area (Å²) < 4.78 is 0. The van der Waals surface area contributed by atoms with Gasteiger partial charge in [-0.3, -0.25) is 4.99 Å². The second-order valence-corrected chi connectivity index (χ2v) is 4.31. The third kappa shape index (κ3) is 1.63. The van der Waals surface area contributed by atoms with Crippen molar-refractivity contribution >= 4 is 5.71 Å². The van der Waals surface area contributed by atoms with Crippen LogP contribution < -0.4 is 0 Å². The van der Waals surface area contributed by atoms with Crippen LogP contribution in [0, 0.1) is 0 Å². The predicted octanol–water partition coefficient (Wildman–Crippen LogP) is 3.21. The highest BCUT2D eigenvalue weighted by Crippen LogP contribution is 2.25. The van der Waals surface area contributed by atoms with Crippen LogP contribution in [-0.2, 0) is 0 Å². The molecular weight excluding hydrogens is 170 g/mol. The predicted molar refractivity (Wildman–Crippen MR) is 60.8 cm³/mol. The molecule has 14 heavy (non-hydrogen) atoms. The van der Waals surface area contributed by atoms with Crippen molar-refractivity contribution in [3.05, 3.63) is 47.5 Å². The number of nitrogens with zero attached hydrogens (tertiary/aromatic N) is 1. The smallest absolute Gasteiger partial charge is 0.0745 e. The maximum absolute atomic E-state index is 4.70. The van der Waals surface area contributed by atoms with Gasteiger partial charge in [0.2, 0.25) is 0 Å². The summed E-state index contributed by atoms with van der Waals surface area (Å²) in [4.78, 5) is 4.70. The molecule has 0 atom stereocenters. The average Bonchev–Trinajstić information content (AvgIpc) is 2.41. The molecule has 0 radical (unpaired) electrons. The van der Waals surface area contributed by atoms with Crippen molar-refractivity contribution in [1.82, 2.24) is 0 Å². The zero-order valence-electron chi connectivity index (χ0n) is 8.91. The summed E-state index contributed by atoms with van der Waals surface area (Å²) in [6.07, 6.45) is 2.22. The number of hydrogen-bond acceptors (Lipinski definition) is 1. The van der Waals surface area contributed by atoms with E-state index >= 15 is 0 Å². The van der Waals surface area contributed by atoms with Crippen LogP contribution >= 0.6 is 0 Å². The summed E-state index contributed by atoms with van der Waals surface area (Å²) in [7, 11) is 0. The standard InChI is InChI=1S/C13H15N/c1-10-9-13(2,3)14-12(10)11-7-5-4-6-8-11/h4-9H,1-3H3. The number of benzene rings is 1. The van der Waals surface area contributed by atoms with Gasteiger partial charge in [0.1, 0.15) is 0 Å². The number of allylic oxidation sites excluding steroid dienone is 1. The van der Waals surface area contributed by atoms with Crippen LogP contribution in [0.3, 0.4) is 0 Å². The Bertz CT molecular complexity index is 397. The summed E-state index contributed by atoms with van der Waals surface area (Å²) in [6.45, 7) is 6.39. The van der Waals surface area contributed by atoms with E-state index in [1.165, 1.54) is 11.1 Å². The summed E-state index contributed by atoms with van der Waals surface area (Å²) in [5, 5.41) is 0. The van der Waals surface area contributed by atoms with Crippen molar-refractivity contribution in [2.45, 2.75) is 26.3 Å². The molecule has 1 aliphatic heterocycles. The van der Waals surface area contributed by atoms with E-state index in [-0.39, 0.29) is 5.54 Å². The van der Waals surface area contributed by atoms with Crippen LogP contribution in [0.4, 0.5) is 0 Å². The fourth-order valence-corrected chi connectivity index (χ4v) is 1.90. The molecule has 0 fully saturated rings. The molecule has 1 aromatic carbocycles. The van der Waals surface area contributed by atoms with Crippen LogP contribution in [0.15, 0.2) is 47.0 Å². The summed E-state index contributed by atoms with van der Waals surface area (Å²) in [6, 6.07) is 10.4. The molecule has 0 amide bonds. The van der Waals surface area contributed by atoms with Gasteiger partial charge < -0.3 is 0 Å². The van der Waals surface area contributed by atoms with Gasteiger partial charge in [0.25, 0.3) is 0 Å². The van der Waals surface area contributed by atoms with Gasteiger partial charge in [0.15, 0.2) is 0 Å². The monoisotopic (exact) mass is 185 g/mol. The molecule has 1 nitrogen and oxygen atoms in total. The topological polar surface area (TPSA) is 12.4 Å². The van der Waals surface area contributed by atoms with E-state index in [0.717, 1.165) is 5.71 Å². The van der Waals surface area contributed by atoms with Crippen LogP contribution in [-0.4, -0.2) is 11.3 Å². The van der Waals surface area contributed by atoms with Crippen molar-refractivity contribution in [3.8, 4) is 0 Å². The van der Waals surface area contributed by atoms with Gasteiger partial charge in [0.05, 0.1) is 11.3 Å². The molecule has 72 valence electrons. The van der Waals surface area contributed by atoms with E-state index in [9.17, 15) is 0 Å². The molecule has 0 N–H and O–H groups in total.